The second-order valence-corrected chi connectivity index (χ2v) is 2.31. The molecule has 0 aliphatic carbocycles. The Morgan fingerprint density at radius 1 is 1.50 bits per heavy atom. The van der Waals surface area contributed by atoms with Crippen LogP contribution in [0.4, 0.5) is 13.2 Å². The predicted octanol–water partition coefficient (Wildman–Crippen LogP) is 3.28. The lowest BCUT2D eigenvalue weighted by Crippen LogP contribution is -2.20. The van der Waals surface area contributed by atoms with Crippen molar-refractivity contribution in [1.82, 2.24) is 0 Å². The molecule has 0 saturated carbocycles. The van der Waals surface area contributed by atoms with Crippen LogP contribution in [0.5, 0.6) is 0 Å². The molecule has 0 aromatic carbocycles. The molecule has 0 aromatic heterocycles. The van der Waals surface area contributed by atoms with Gasteiger partial charge >= 0.3 is 6.18 Å². The van der Waals surface area contributed by atoms with E-state index >= 15 is 0 Å². The van der Waals surface area contributed by atoms with E-state index in [2.05, 4.69) is 11.6 Å². The van der Waals surface area contributed by atoms with Crippen LogP contribution in [0.3, 0.4) is 0 Å². The lowest BCUT2D eigenvalue weighted by atomic mass is 10.3. The number of hydrogen-bond acceptors (Lipinski definition) is 1. The molecule has 0 heterocycles. The Balaban J connectivity index is 4.80. The van der Waals surface area contributed by atoms with E-state index in [4.69, 9.17) is 11.6 Å². The largest absolute Gasteiger partial charge is 0.433 e. The molecule has 0 saturated heterocycles. The maximum atomic E-state index is 12.0. The zero-order chi connectivity index (χ0) is 9.78. The van der Waals surface area contributed by atoms with Crippen molar-refractivity contribution in [3.05, 3.63) is 23.9 Å². The Bertz CT molecular complexity index is 227. The summed E-state index contributed by atoms with van der Waals surface area (Å²) in [4.78, 5) is 3.01. The monoisotopic (exact) mass is 197 g/mol. The van der Waals surface area contributed by atoms with Crippen LogP contribution in [-0.2, 0) is 0 Å². The Morgan fingerprint density at radius 3 is 2.25 bits per heavy atom. The first-order chi connectivity index (χ1) is 5.38. The van der Waals surface area contributed by atoms with E-state index in [1.54, 1.807) is 0 Å². The molecule has 0 atom stereocenters. The first-order valence-corrected chi connectivity index (χ1v) is 3.38. The van der Waals surface area contributed by atoms with Crippen molar-refractivity contribution >= 4 is 17.3 Å². The highest BCUT2D eigenvalue weighted by Gasteiger charge is 2.33. The van der Waals surface area contributed by atoms with E-state index in [-0.39, 0.29) is 5.16 Å². The van der Waals surface area contributed by atoms with Gasteiger partial charge in [0.25, 0.3) is 0 Å². The molecule has 0 rings (SSSR count). The average molecular weight is 198 g/mol. The Labute approximate surface area is 73.2 Å². The molecule has 0 unspecified atom stereocenters. The van der Waals surface area contributed by atoms with Gasteiger partial charge in [-0.3, -0.25) is 0 Å². The second-order valence-electron chi connectivity index (χ2n) is 1.87. The van der Waals surface area contributed by atoms with Gasteiger partial charge in [-0.15, -0.1) is 0 Å². The fourth-order valence-electron chi connectivity index (χ4n) is 0.484. The quantitative estimate of drug-likeness (QED) is 0.476. The van der Waals surface area contributed by atoms with Gasteiger partial charge in [0.1, 0.15) is 10.9 Å². The van der Waals surface area contributed by atoms with E-state index in [9.17, 15) is 13.2 Å². The Kier molecular flexibility index (Phi) is 4.03. The molecular weight excluding hydrogens is 191 g/mol. The molecular formula is C7H7ClF3N. The number of alkyl halides is 3. The summed E-state index contributed by atoms with van der Waals surface area (Å²) in [5, 5.41) is -0.388. The number of aliphatic imine (C=N–C) groups is 1. The smallest absolute Gasteiger partial charge is 0.232 e. The molecule has 0 amide bonds. The molecule has 0 bridgehead atoms. The van der Waals surface area contributed by atoms with E-state index < -0.39 is 11.9 Å². The van der Waals surface area contributed by atoms with Gasteiger partial charge in [-0.25, -0.2) is 4.99 Å². The van der Waals surface area contributed by atoms with Crippen molar-refractivity contribution in [2.75, 3.05) is 0 Å². The topological polar surface area (TPSA) is 12.4 Å². The van der Waals surface area contributed by atoms with E-state index in [1.165, 1.54) is 13.0 Å². The molecule has 0 N–H and O–H groups in total. The highest BCUT2D eigenvalue weighted by atomic mass is 35.5. The zero-order valence-corrected chi connectivity index (χ0v) is 7.08. The molecule has 0 radical (unpaired) electrons. The van der Waals surface area contributed by atoms with Gasteiger partial charge in [0.2, 0.25) is 0 Å². The van der Waals surface area contributed by atoms with Crippen molar-refractivity contribution in [3.8, 4) is 0 Å². The normalized spacial score (nSPS) is 13.9. The highest BCUT2D eigenvalue weighted by Crippen LogP contribution is 2.19. The maximum Gasteiger partial charge on any atom is 0.433 e. The highest BCUT2D eigenvalue weighted by molar-refractivity contribution is 6.30. The van der Waals surface area contributed by atoms with Gasteiger partial charge in [-0.1, -0.05) is 24.3 Å². The van der Waals surface area contributed by atoms with Crippen LogP contribution >= 0.6 is 11.6 Å². The third-order valence-corrected chi connectivity index (χ3v) is 0.941. The summed E-state index contributed by atoms with van der Waals surface area (Å²) in [5.41, 5.74) is -1.05. The van der Waals surface area contributed by atoms with Crippen molar-refractivity contribution in [3.63, 3.8) is 0 Å². The molecule has 5 heteroatoms. The summed E-state index contributed by atoms with van der Waals surface area (Å²) in [6.07, 6.45) is -2.43. The average Bonchev–Trinajstić information content (AvgIpc) is 1.83. The summed E-state index contributed by atoms with van der Waals surface area (Å²) in [5.74, 6) is 0. The van der Waals surface area contributed by atoms with Crippen LogP contribution in [0.15, 0.2) is 28.9 Å². The Hall–Kier alpha value is -0.770. The van der Waals surface area contributed by atoms with Gasteiger partial charge < -0.3 is 0 Å². The van der Waals surface area contributed by atoms with Crippen LogP contribution in [0.2, 0.25) is 0 Å². The number of rotatable bonds is 2. The van der Waals surface area contributed by atoms with Crippen molar-refractivity contribution < 1.29 is 13.2 Å². The first-order valence-electron chi connectivity index (χ1n) is 3.01. The van der Waals surface area contributed by atoms with E-state index in [0.717, 1.165) is 6.08 Å². The van der Waals surface area contributed by atoms with Crippen molar-refractivity contribution in [2.24, 2.45) is 4.99 Å². The van der Waals surface area contributed by atoms with Crippen molar-refractivity contribution in [1.29, 1.82) is 0 Å². The molecule has 0 fully saturated rings. The minimum Gasteiger partial charge on any atom is -0.232 e. The molecule has 12 heavy (non-hydrogen) atoms. The number of hydrogen-bond donors (Lipinski definition) is 0. The van der Waals surface area contributed by atoms with Gasteiger partial charge in [0, 0.05) is 0 Å². The summed E-state index contributed by atoms with van der Waals surface area (Å²) in [6, 6.07) is 0. The number of allylic oxidation sites excluding steroid dienone is 2. The minimum absolute atomic E-state index is 0.388. The van der Waals surface area contributed by atoms with Crippen molar-refractivity contribution in [2.45, 2.75) is 13.1 Å². The maximum absolute atomic E-state index is 12.0. The van der Waals surface area contributed by atoms with Crippen LogP contribution in [0.1, 0.15) is 6.92 Å². The second kappa shape index (κ2) is 4.30. The lowest BCUT2D eigenvalue weighted by molar-refractivity contribution is -0.0576. The van der Waals surface area contributed by atoms with Crippen LogP contribution in [0.25, 0.3) is 0 Å². The van der Waals surface area contributed by atoms with Crippen LogP contribution < -0.4 is 0 Å². The molecule has 68 valence electrons. The molecule has 1 nitrogen and oxygen atoms in total. The zero-order valence-electron chi connectivity index (χ0n) is 6.32. The van der Waals surface area contributed by atoms with Crippen LogP contribution in [-0.4, -0.2) is 11.9 Å². The van der Waals surface area contributed by atoms with Gasteiger partial charge in [-0.05, 0) is 13.0 Å². The SMILES string of the molecule is C=C(Cl)N=C(/C=C\C)C(F)(F)F. The molecule has 0 aliphatic rings. The number of nitrogens with zero attached hydrogens (tertiary/aromatic N) is 1. The number of halogens is 4. The lowest BCUT2D eigenvalue weighted by Gasteiger charge is -2.04. The van der Waals surface area contributed by atoms with Crippen LogP contribution in [0, 0.1) is 0 Å². The third-order valence-electron chi connectivity index (χ3n) is 0.857. The van der Waals surface area contributed by atoms with E-state index in [0.29, 0.717) is 0 Å². The fourth-order valence-corrected chi connectivity index (χ4v) is 0.575. The summed E-state index contributed by atoms with van der Waals surface area (Å²) < 4.78 is 36.0. The summed E-state index contributed by atoms with van der Waals surface area (Å²) >= 11 is 5.10. The van der Waals surface area contributed by atoms with Gasteiger partial charge in [0.15, 0.2) is 0 Å². The minimum atomic E-state index is -4.48. The Morgan fingerprint density at radius 2 is 2.00 bits per heavy atom. The molecule has 0 aliphatic heterocycles. The van der Waals surface area contributed by atoms with Gasteiger partial charge in [-0.2, -0.15) is 13.2 Å². The molecule has 0 spiro atoms. The third kappa shape index (κ3) is 4.18. The first kappa shape index (κ1) is 11.2. The summed E-state index contributed by atoms with van der Waals surface area (Å²) in [7, 11) is 0. The predicted molar refractivity (Wildman–Crippen MR) is 43.3 cm³/mol. The van der Waals surface area contributed by atoms with Gasteiger partial charge in [0.05, 0.1) is 0 Å². The standard InChI is InChI=1S/C7H7ClF3N/c1-3-4-6(7(9,10)11)12-5(2)8/h3-4H,2H2,1H3/b4-3-,12-6?. The van der Waals surface area contributed by atoms with E-state index in [1.807, 2.05) is 0 Å². The fraction of sp³-hybridized carbons (Fsp3) is 0.286. The summed E-state index contributed by atoms with van der Waals surface area (Å²) in [6.45, 7) is 4.49. The molecule has 0 aromatic rings.